The SMILES string of the molecule is [CH2]CCC(C)C1CCC1. The van der Waals surface area contributed by atoms with Gasteiger partial charge in [0.1, 0.15) is 0 Å². The average Bonchev–Trinajstić information content (AvgIpc) is 1.60. The molecule has 0 nitrogen and oxygen atoms in total. The van der Waals surface area contributed by atoms with Crippen LogP contribution in [0.3, 0.4) is 0 Å². The van der Waals surface area contributed by atoms with E-state index in [1.807, 2.05) is 0 Å². The van der Waals surface area contributed by atoms with Gasteiger partial charge in [-0.1, -0.05) is 46.0 Å². The fraction of sp³-hybridized carbons (Fsp3) is 0.889. The van der Waals surface area contributed by atoms with Gasteiger partial charge in [0.15, 0.2) is 0 Å². The predicted octanol–water partition coefficient (Wildman–Crippen LogP) is 3.04. The molecule has 0 spiro atoms. The highest BCUT2D eigenvalue weighted by molar-refractivity contribution is 4.74. The van der Waals surface area contributed by atoms with E-state index >= 15 is 0 Å². The standard InChI is InChI=1S/C9H17/c1-3-5-8(2)9-6-4-7-9/h8-9H,1,3-7H2,2H3. The van der Waals surface area contributed by atoms with Crippen LogP contribution in [0.15, 0.2) is 0 Å². The highest BCUT2D eigenvalue weighted by atomic mass is 14.3. The Morgan fingerprint density at radius 3 is 2.56 bits per heavy atom. The summed E-state index contributed by atoms with van der Waals surface area (Å²) in [5.41, 5.74) is 0. The second-order valence-electron chi connectivity index (χ2n) is 3.31. The molecular formula is C9H17. The Balaban J connectivity index is 2.08. The van der Waals surface area contributed by atoms with E-state index in [9.17, 15) is 0 Å². The molecule has 1 aliphatic carbocycles. The first-order chi connectivity index (χ1) is 4.34. The Kier molecular flexibility index (Phi) is 2.56. The molecule has 0 heterocycles. The van der Waals surface area contributed by atoms with Gasteiger partial charge in [-0.05, 0) is 11.8 Å². The van der Waals surface area contributed by atoms with Crippen LogP contribution in [0.2, 0.25) is 0 Å². The fourth-order valence-corrected chi connectivity index (χ4v) is 1.57. The molecular weight excluding hydrogens is 108 g/mol. The minimum absolute atomic E-state index is 0.955. The van der Waals surface area contributed by atoms with E-state index in [1.54, 1.807) is 0 Å². The van der Waals surface area contributed by atoms with Crippen molar-refractivity contribution in [1.29, 1.82) is 0 Å². The van der Waals surface area contributed by atoms with E-state index in [-0.39, 0.29) is 0 Å². The van der Waals surface area contributed by atoms with Gasteiger partial charge >= 0.3 is 0 Å². The van der Waals surface area contributed by atoms with Crippen molar-refractivity contribution in [2.75, 3.05) is 0 Å². The summed E-state index contributed by atoms with van der Waals surface area (Å²) in [5.74, 6) is 2.02. The Morgan fingerprint density at radius 1 is 1.56 bits per heavy atom. The van der Waals surface area contributed by atoms with Crippen LogP contribution in [-0.2, 0) is 0 Å². The molecule has 0 heteroatoms. The summed E-state index contributed by atoms with van der Waals surface area (Å²) in [5, 5.41) is 0. The fourth-order valence-electron chi connectivity index (χ4n) is 1.57. The van der Waals surface area contributed by atoms with E-state index in [2.05, 4.69) is 13.8 Å². The summed E-state index contributed by atoms with van der Waals surface area (Å²) in [6.07, 6.45) is 6.91. The lowest BCUT2D eigenvalue weighted by Gasteiger charge is -2.31. The van der Waals surface area contributed by atoms with E-state index in [0.717, 1.165) is 18.3 Å². The minimum atomic E-state index is 0.955. The average molecular weight is 125 g/mol. The molecule has 0 saturated heterocycles. The molecule has 0 N–H and O–H groups in total. The molecule has 1 aliphatic rings. The molecule has 0 aromatic heterocycles. The molecule has 1 fully saturated rings. The maximum Gasteiger partial charge on any atom is -0.0388 e. The molecule has 53 valence electrons. The van der Waals surface area contributed by atoms with Gasteiger partial charge < -0.3 is 0 Å². The normalized spacial score (nSPS) is 23.3. The Bertz CT molecular complexity index is 72.1. The highest BCUT2D eigenvalue weighted by Gasteiger charge is 2.22. The summed E-state index contributed by atoms with van der Waals surface area (Å²) >= 11 is 0. The number of rotatable bonds is 3. The Hall–Kier alpha value is 0. The number of hydrogen-bond acceptors (Lipinski definition) is 0. The van der Waals surface area contributed by atoms with Crippen molar-refractivity contribution in [3.05, 3.63) is 6.92 Å². The highest BCUT2D eigenvalue weighted by Crippen LogP contribution is 2.35. The van der Waals surface area contributed by atoms with Gasteiger partial charge in [-0.2, -0.15) is 0 Å². The molecule has 1 saturated carbocycles. The van der Waals surface area contributed by atoms with Gasteiger partial charge in [-0.3, -0.25) is 0 Å². The van der Waals surface area contributed by atoms with Crippen LogP contribution in [0.1, 0.15) is 39.0 Å². The van der Waals surface area contributed by atoms with Crippen molar-refractivity contribution in [3.63, 3.8) is 0 Å². The number of hydrogen-bond donors (Lipinski definition) is 0. The monoisotopic (exact) mass is 125 g/mol. The predicted molar refractivity (Wildman–Crippen MR) is 41.1 cm³/mol. The van der Waals surface area contributed by atoms with E-state index in [4.69, 9.17) is 0 Å². The van der Waals surface area contributed by atoms with Crippen molar-refractivity contribution < 1.29 is 0 Å². The van der Waals surface area contributed by atoms with Crippen LogP contribution in [0, 0.1) is 18.8 Å². The van der Waals surface area contributed by atoms with Crippen LogP contribution in [0.25, 0.3) is 0 Å². The second-order valence-corrected chi connectivity index (χ2v) is 3.31. The molecule has 1 atom stereocenters. The molecule has 1 unspecified atom stereocenters. The minimum Gasteiger partial charge on any atom is -0.0622 e. The lowest BCUT2D eigenvalue weighted by molar-refractivity contribution is 0.211. The first-order valence-electron chi connectivity index (χ1n) is 4.14. The van der Waals surface area contributed by atoms with E-state index in [0.29, 0.717) is 0 Å². The lowest BCUT2D eigenvalue weighted by atomic mass is 9.75. The van der Waals surface area contributed by atoms with Crippen molar-refractivity contribution in [3.8, 4) is 0 Å². The first-order valence-corrected chi connectivity index (χ1v) is 4.14. The topological polar surface area (TPSA) is 0 Å². The smallest absolute Gasteiger partial charge is 0.0388 e. The Morgan fingerprint density at radius 2 is 2.22 bits per heavy atom. The summed E-state index contributed by atoms with van der Waals surface area (Å²) in [4.78, 5) is 0. The molecule has 9 heavy (non-hydrogen) atoms. The van der Waals surface area contributed by atoms with Crippen LogP contribution in [0.4, 0.5) is 0 Å². The molecule has 0 aromatic carbocycles. The van der Waals surface area contributed by atoms with Crippen molar-refractivity contribution >= 4 is 0 Å². The largest absolute Gasteiger partial charge is 0.0622 e. The van der Waals surface area contributed by atoms with Gasteiger partial charge in [-0.25, -0.2) is 0 Å². The van der Waals surface area contributed by atoms with Crippen molar-refractivity contribution in [2.24, 2.45) is 11.8 Å². The van der Waals surface area contributed by atoms with Crippen LogP contribution in [0.5, 0.6) is 0 Å². The van der Waals surface area contributed by atoms with Gasteiger partial charge in [0.25, 0.3) is 0 Å². The summed E-state index contributed by atoms with van der Waals surface area (Å²) in [6.45, 7) is 6.24. The lowest BCUT2D eigenvalue weighted by Crippen LogP contribution is -2.19. The summed E-state index contributed by atoms with van der Waals surface area (Å²) < 4.78 is 0. The van der Waals surface area contributed by atoms with Crippen LogP contribution < -0.4 is 0 Å². The molecule has 0 amide bonds. The third-order valence-corrected chi connectivity index (χ3v) is 2.61. The van der Waals surface area contributed by atoms with Crippen LogP contribution >= 0.6 is 0 Å². The van der Waals surface area contributed by atoms with E-state index < -0.39 is 0 Å². The summed E-state index contributed by atoms with van der Waals surface area (Å²) in [6, 6.07) is 0. The molecule has 0 aromatic rings. The zero-order chi connectivity index (χ0) is 6.69. The Labute approximate surface area is 58.7 Å². The van der Waals surface area contributed by atoms with Crippen molar-refractivity contribution in [2.45, 2.75) is 39.0 Å². The first kappa shape index (κ1) is 7.11. The van der Waals surface area contributed by atoms with Gasteiger partial charge in [-0.15, -0.1) is 0 Å². The zero-order valence-corrected chi connectivity index (χ0v) is 6.40. The van der Waals surface area contributed by atoms with E-state index in [1.165, 1.54) is 25.7 Å². The molecule has 0 bridgehead atoms. The zero-order valence-electron chi connectivity index (χ0n) is 6.40. The maximum absolute atomic E-state index is 3.87. The van der Waals surface area contributed by atoms with Gasteiger partial charge in [0.2, 0.25) is 0 Å². The third-order valence-electron chi connectivity index (χ3n) is 2.61. The van der Waals surface area contributed by atoms with Crippen LogP contribution in [-0.4, -0.2) is 0 Å². The van der Waals surface area contributed by atoms with Gasteiger partial charge in [0, 0.05) is 0 Å². The molecule has 1 rings (SSSR count). The van der Waals surface area contributed by atoms with Gasteiger partial charge in [0.05, 0.1) is 0 Å². The quantitative estimate of drug-likeness (QED) is 0.544. The molecule has 0 aliphatic heterocycles. The summed E-state index contributed by atoms with van der Waals surface area (Å²) in [7, 11) is 0. The molecule has 1 radical (unpaired) electrons. The maximum atomic E-state index is 3.87. The van der Waals surface area contributed by atoms with Crippen molar-refractivity contribution in [1.82, 2.24) is 0 Å². The third kappa shape index (κ3) is 1.70. The second kappa shape index (κ2) is 3.24.